The van der Waals surface area contributed by atoms with Crippen LogP contribution in [0.2, 0.25) is 0 Å². The van der Waals surface area contributed by atoms with Crippen LogP contribution in [0.5, 0.6) is 0 Å². The second-order valence-corrected chi connectivity index (χ2v) is 5.85. The van der Waals surface area contributed by atoms with Gasteiger partial charge in [-0.25, -0.2) is 0 Å². The molecule has 0 aliphatic carbocycles. The number of carbonyl (C=O) groups is 1. The van der Waals surface area contributed by atoms with E-state index in [2.05, 4.69) is 6.92 Å². The first-order valence-electron chi connectivity index (χ1n) is 6.58. The number of likely N-dealkylation sites (tertiary alicyclic amines) is 1. The van der Waals surface area contributed by atoms with E-state index in [9.17, 15) is 14.9 Å². The van der Waals surface area contributed by atoms with E-state index >= 15 is 0 Å². The van der Waals surface area contributed by atoms with Crippen molar-refractivity contribution in [2.24, 2.45) is 5.92 Å². The summed E-state index contributed by atoms with van der Waals surface area (Å²) in [5.41, 5.74) is 1.00. The molecule has 108 valence electrons. The first-order chi connectivity index (χ1) is 9.40. The molecule has 2 rings (SSSR count). The van der Waals surface area contributed by atoms with Gasteiger partial charge in [0.15, 0.2) is 0 Å². The third-order valence-corrected chi connectivity index (χ3v) is 4.36. The van der Waals surface area contributed by atoms with Crippen LogP contribution >= 0.6 is 11.6 Å². The molecule has 1 aliphatic rings. The van der Waals surface area contributed by atoms with Crippen molar-refractivity contribution in [2.45, 2.75) is 25.6 Å². The predicted molar refractivity (Wildman–Crippen MR) is 77.2 cm³/mol. The Morgan fingerprint density at radius 3 is 2.75 bits per heavy atom. The van der Waals surface area contributed by atoms with Crippen LogP contribution in [-0.4, -0.2) is 34.2 Å². The fourth-order valence-corrected chi connectivity index (χ4v) is 2.68. The summed E-state index contributed by atoms with van der Waals surface area (Å²) < 4.78 is 0. The summed E-state index contributed by atoms with van der Waals surface area (Å²) in [6.45, 7) is 4.92. The number of piperidine rings is 1. The molecule has 1 fully saturated rings. The summed E-state index contributed by atoms with van der Waals surface area (Å²) in [5, 5.41) is 10.7. The number of nitro benzene ring substituents is 1. The Bertz CT molecular complexity index is 547. The molecule has 6 heteroatoms. The Kier molecular flexibility index (Phi) is 4.28. The Morgan fingerprint density at radius 1 is 1.50 bits per heavy atom. The van der Waals surface area contributed by atoms with E-state index in [0.29, 0.717) is 30.1 Å². The Labute approximate surface area is 122 Å². The van der Waals surface area contributed by atoms with E-state index < -0.39 is 4.92 Å². The van der Waals surface area contributed by atoms with Crippen molar-refractivity contribution in [1.29, 1.82) is 0 Å². The van der Waals surface area contributed by atoms with Crippen molar-refractivity contribution in [3.05, 3.63) is 39.4 Å². The highest BCUT2D eigenvalue weighted by Gasteiger charge is 2.28. The molecule has 5 nitrogen and oxygen atoms in total. The summed E-state index contributed by atoms with van der Waals surface area (Å²) >= 11 is 6.21. The van der Waals surface area contributed by atoms with Gasteiger partial charge in [0.05, 0.1) is 10.3 Å². The number of amides is 1. The smallest absolute Gasteiger partial charge is 0.272 e. The topological polar surface area (TPSA) is 63.5 Å². The minimum atomic E-state index is -0.443. The summed E-state index contributed by atoms with van der Waals surface area (Å²) in [5.74, 6) is 0.292. The molecule has 1 aliphatic heterocycles. The van der Waals surface area contributed by atoms with Crippen LogP contribution in [0.25, 0.3) is 0 Å². The summed E-state index contributed by atoms with van der Waals surface area (Å²) in [6, 6.07) is 4.46. The van der Waals surface area contributed by atoms with Gasteiger partial charge in [0, 0.05) is 30.3 Å². The van der Waals surface area contributed by atoms with Gasteiger partial charge in [-0.2, -0.15) is 0 Å². The van der Waals surface area contributed by atoms with Crippen molar-refractivity contribution in [3.8, 4) is 0 Å². The van der Waals surface area contributed by atoms with Gasteiger partial charge in [-0.3, -0.25) is 14.9 Å². The molecular formula is C14H17ClN2O3. The maximum atomic E-state index is 12.4. The number of nitro groups is 1. The van der Waals surface area contributed by atoms with Gasteiger partial charge in [-0.05, 0) is 31.4 Å². The van der Waals surface area contributed by atoms with Gasteiger partial charge in [0.1, 0.15) is 0 Å². The second-order valence-electron chi connectivity index (χ2n) is 5.29. The van der Waals surface area contributed by atoms with E-state index in [1.807, 2.05) is 0 Å². The van der Waals surface area contributed by atoms with Gasteiger partial charge in [0.2, 0.25) is 0 Å². The number of hydrogen-bond acceptors (Lipinski definition) is 3. The van der Waals surface area contributed by atoms with Gasteiger partial charge in [0.25, 0.3) is 11.6 Å². The van der Waals surface area contributed by atoms with Gasteiger partial charge >= 0.3 is 0 Å². The molecule has 0 aromatic heterocycles. The number of hydrogen-bond donors (Lipinski definition) is 0. The zero-order valence-corrected chi connectivity index (χ0v) is 12.3. The lowest BCUT2D eigenvalue weighted by atomic mass is 9.97. The quantitative estimate of drug-likeness (QED) is 0.479. The molecular weight excluding hydrogens is 280 g/mol. The molecule has 1 amide bonds. The van der Waals surface area contributed by atoms with Crippen molar-refractivity contribution in [3.63, 3.8) is 0 Å². The minimum Gasteiger partial charge on any atom is -0.337 e. The summed E-state index contributed by atoms with van der Waals surface area (Å²) in [6.07, 6.45) is 0.881. The lowest BCUT2D eigenvalue weighted by molar-refractivity contribution is -0.385. The van der Waals surface area contributed by atoms with Crippen LogP contribution < -0.4 is 0 Å². The first kappa shape index (κ1) is 14.8. The van der Waals surface area contributed by atoms with Crippen molar-refractivity contribution < 1.29 is 9.72 Å². The van der Waals surface area contributed by atoms with Crippen molar-refractivity contribution >= 4 is 23.2 Å². The molecule has 2 atom stereocenters. The highest BCUT2D eigenvalue weighted by Crippen LogP contribution is 2.24. The first-order valence-corrected chi connectivity index (χ1v) is 7.02. The third-order valence-electron chi connectivity index (χ3n) is 3.79. The molecule has 0 bridgehead atoms. The highest BCUT2D eigenvalue weighted by atomic mass is 35.5. The van der Waals surface area contributed by atoms with E-state index in [1.54, 1.807) is 17.9 Å². The monoisotopic (exact) mass is 296 g/mol. The van der Waals surface area contributed by atoms with E-state index in [0.717, 1.165) is 6.42 Å². The van der Waals surface area contributed by atoms with Crippen molar-refractivity contribution in [1.82, 2.24) is 4.90 Å². The second kappa shape index (κ2) is 5.79. The van der Waals surface area contributed by atoms with E-state index in [1.165, 1.54) is 12.1 Å². The average Bonchev–Trinajstić information content (AvgIpc) is 2.40. The molecule has 0 radical (unpaired) electrons. The number of aryl methyl sites for hydroxylation is 1. The average molecular weight is 297 g/mol. The lowest BCUT2D eigenvalue weighted by Gasteiger charge is -2.34. The van der Waals surface area contributed by atoms with Gasteiger partial charge in [-0.1, -0.05) is 6.92 Å². The van der Waals surface area contributed by atoms with Crippen LogP contribution in [-0.2, 0) is 0 Å². The third kappa shape index (κ3) is 2.93. The molecule has 0 saturated carbocycles. The van der Waals surface area contributed by atoms with Crippen molar-refractivity contribution in [2.75, 3.05) is 13.1 Å². The van der Waals surface area contributed by atoms with Crippen LogP contribution in [0.4, 0.5) is 5.69 Å². The normalized spacial score (nSPS) is 22.6. The maximum absolute atomic E-state index is 12.4. The standard InChI is InChI=1S/C14H17ClN2O3/c1-9-5-6-16(8-12(9)15)14(18)11-3-4-13(17(19)20)10(2)7-11/h3-4,7,9,12H,5-6,8H2,1-2H3. The lowest BCUT2D eigenvalue weighted by Crippen LogP contribution is -2.43. The Balaban J connectivity index is 2.17. The number of halogens is 1. The zero-order valence-electron chi connectivity index (χ0n) is 11.5. The highest BCUT2D eigenvalue weighted by molar-refractivity contribution is 6.21. The molecule has 0 N–H and O–H groups in total. The molecule has 1 heterocycles. The SMILES string of the molecule is Cc1cc(C(=O)N2CCC(C)C(Cl)C2)ccc1[N+](=O)[O-]. The summed E-state index contributed by atoms with van der Waals surface area (Å²) in [4.78, 5) is 24.4. The van der Waals surface area contributed by atoms with Crippen LogP contribution in [0.1, 0.15) is 29.3 Å². The van der Waals surface area contributed by atoms with Crippen LogP contribution in [0.15, 0.2) is 18.2 Å². The van der Waals surface area contributed by atoms with Crippen LogP contribution in [0, 0.1) is 23.0 Å². The van der Waals surface area contributed by atoms with Crippen LogP contribution in [0.3, 0.4) is 0 Å². The largest absolute Gasteiger partial charge is 0.337 e. The fraction of sp³-hybridized carbons (Fsp3) is 0.500. The molecule has 0 spiro atoms. The minimum absolute atomic E-state index is 0.0315. The summed E-state index contributed by atoms with van der Waals surface area (Å²) in [7, 11) is 0. The molecule has 1 saturated heterocycles. The predicted octanol–water partition coefficient (Wildman–Crippen LogP) is 2.99. The Morgan fingerprint density at radius 2 is 2.20 bits per heavy atom. The Hall–Kier alpha value is -1.62. The number of benzene rings is 1. The van der Waals surface area contributed by atoms with Gasteiger partial charge in [-0.15, -0.1) is 11.6 Å². The molecule has 20 heavy (non-hydrogen) atoms. The maximum Gasteiger partial charge on any atom is 0.272 e. The number of rotatable bonds is 2. The number of carbonyl (C=O) groups excluding carboxylic acids is 1. The molecule has 1 aromatic carbocycles. The number of alkyl halides is 1. The number of nitrogens with zero attached hydrogens (tertiary/aromatic N) is 2. The van der Waals surface area contributed by atoms with E-state index in [-0.39, 0.29) is 17.0 Å². The fourth-order valence-electron chi connectivity index (χ4n) is 2.38. The molecule has 2 unspecified atom stereocenters. The van der Waals surface area contributed by atoms with Gasteiger partial charge < -0.3 is 4.90 Å². The zero-order chi connectivity index (χ0) is 14.9. The van der Waals surface area contributed by atoms with E-state index in [4.69, 9.17) is 11.6 Å². The molecule has 1 aromatic rings.